The van der Waals surface area contributed by atoms with Gasteiger partial charge in [0.2, 0.25) is 5.82 Å². The lowest BCUT2D eigenvalue weighted by molar-refractivity contribution is -0.384. The Morgan fingerprint density at radius 3 is 2.89 bits per heavy atom. The maximum absolute atomic E-state index is 10.8. The highest BCUT2D eigenvalue weighted by molar-refractivity contribution is 5.59. The zero-order valence-corrected chi connectivity index (χ0v) is 10.7. The Kier molecular flexibility index (Phi) is 4.51. The smallest absolute Gasteiger partial charge is 0.311 e. The van der Waals surface area contributed by atoms with Crippen LogP contribution in [0, 0.1) is 10.1 Å². The third-order valence-corrected chi connectivity index (χ3v) is 3.14. The number of pyridine rings is 1. The van der Waals surface area contributed by atoms with Crippen molar-refractivity contribution in [2.75, 3.05) is 24.2 Å². The number of nitrogen functional groups attached to an aromatic ring is 1. The molecule has 0 bridgehead atoms. The van der Waals surface area contributed by atoms with Gasteiger partial charge in [-0.1, -0.05) is 12.8 Å². The van der Waals surface area contributed by atoms with E-state index in [0.29, 0.717) is 19.3 Å². The standard InChI is InChI=1S/C12H18N4O3/c13-11-6-5-10(16(17)18)12(15-11)14-7-8-19-9-3-1-2-4-9/h5-6,9H,1-4,7-8H2,(H3,13,14,15). The first-order valence-corrected chi connectivity index (χ1v) is 6.43. The monoisotopic (exact) mass is 266 g/mol. The number of nitro groups is 1. The minimum Gasteiger partial charge on any atom is -0.384 e. The number of rotatable bonds is 6. The molecule has 2 rings (SSSR count). The second-order valence-corrected chi connectivity index (χ2v) is 4.56. The number of hydrogen-bond acceptors (Lipinski definition) is 6. The molecule has 0 spiro atoms. The summed E-state index contributed by atoms with van der Waals surface area (Å²) in [5.41, 5.74) is 5.45. The van der Waals surface area contributed by atoms with E-state index >= 15 is 0 Å². The molecule has 1 aromatic rings. The molecule has 104 valence electrons. The van der Waals surface area contributed by atoms with Crippen LogP contribution in [0.25, 0.3) is 0 Å². The number of nitrogens with zero attached hydrogens (tertiary/aromatic N) is 2. The second kappa shape index (κ2) is 6.33. The minimum atomic E-state index is -0.480. The first kappa shape index (κ1) is 13.5. The van der Waals surface area contributed by atoms with Crippen LogP contribution in [0.2, 0.25) is 0 Å². The Morgan fingerprint density at radius 2 is 2.21 bits per heavy atom. The molecule has 1 aliphatic rings. The predicted molar refractivity (Wildman–Crippen MR) is 72.0 cm³/mol. The number of ether oxygens (including phenoxy) is 1. The van der Waals surface area contributed by atoms with Gasteiger partial charge in [0, 0.05) is 12.6 Å². The van der Waals surface area contributed by atoms with Crippen molar-refractivity contribution in [3.8, 4) is 0 Å². The highest BCUT2D eigenvalue weighted by Crippen LogP contribution is 2.23. The van der Waals surface area contributed by atoms with Crippen molar-refractivity contribution in [3.05, 3.63) is 22.2 Å². The molecule has 19 heavy (non-hydrogen) atoms. The summed E-state index contributed by atoms with van der Waals surface area (Å²) in [5, 5.41) is 13.7. The Bertz CT molecular complexity index is 447. The van der Waals surface area contributed by atoms with E-state index in [2.05, 4.69) is 10.3 Å². The van der Waals surface area contributed by atoms with Gasteiger partial charge in [0.1, 0.15) is 5.82 Å². The number of nitrogens with two attached hydrogens (primary N) is 1. The van der Waals surface area contributed by atoms with Gasteiger partial charge in [-0.25, -0.2) is 4.98 Å². The Morgan fingerprint density at radius 1 is 1.47 bits per heavy atom. The van der Waals surface area contributed by atoms with Gasteiger partial charge in [0.15, 0.2) is 0 Å². The molecular formula is C12H18N4O3. The van der Waals surface area contributed by atoms with E-state index in [1.54, 1.807) is 0 Å². The largest absolute Gasteiger partial charge is 0.384 e. The molecule has 0 atom stereocenters. The molecule has 7 nitrogen and oxygen atoms in total. The van der Waals surface area contributed by atoms with Crippen molar-refractivity contribution in [2.24, 2.45) is 0 Å². The number of nitrogens with one attached hydrogen (secondary N) is 1. The van der Waals surface area contributed by atoms with Crippen molar-refractivity contribution in [2.45, 2.75) is 31.8 Å². The number of aromatic nitrogens is 1. The third kappa shape index (κ3) is 3.78. The first-order valence-electron chi connectivity index (χ1n) is 6.43. The lowest BCUT2D eigenvalue weighted by Gasteiger charge is -2.11. The van der Waals surface area contributed by atoms with Gasteiger partial charge in [-0.15, -0.1) is 0 Å². The summed E-state index contributed by atoms with van der Waals surface area (Å²) < 4.78 is 5.66. The molecule has 0 amide bonds. The Hall–Kier alpha value is -1.89. The summed E-state index contributed by atoms with van der Waals surface area (Å²) in [6, 6.07) is 2.76. The van der Waals surface area contributed by atoms with Gasteiger partial charge >= 0.3 is 5.69 Å². The van der Waals surface area contributed by atoms with Gasteiger partial charge in [0.05, 0.1) is 17.6 Å². The van der Waals surface area contributed by atoms with E-state index in [1.807, 2.05) is 0 Å². The summed E-state index contributed by atoms with van der Waals surface area (Å²) in [5.74, 6) is 0.449. The predicted octanol–water partition coefficient (Wildman–Crippen LogP) is 1.94. The average molecular weight is 266 g/mol. The molecule has 0 unspecified atom stereocenters. The normalized spacial score (nSPS) is 15.6. The first-order chi connectivity index (χ1) is 9.16. The summed E-state index contributed by atoms with van der Waals surface area (Å²) in [6.07, 6.45) is 5.00. The van der Waals surface area contributed by atoms with E-state index in [0.717, 1.165) is 12.8 Å². The van der Waals surface area contributed by atoms with E-state index in [1.165, 1.54) is 25.0 Å². The lowest BCUT2D eigenvalue weighted by atomic mass is 10.3. The highest BCUT2D eigenvalue weighted by atomic mass is 16.6. The van der Waals surface area contributed by atoms with Crippen molar-refractivity contribution in [1.29, 1.82) is 0 Å². The van der Waals surface area contributed by atoms with Gasteiger partial charge in [-0.2, -0.15) is 0 Å². The van der Waals surface area contributed by atoms with E-state index in [4.69, 9.17) is 10.5 Å². The maximum Gasteiger partial charge on any atom is 0.311 e. The molecule has 0 aliphatic heterocycles. The van der Waals surface area contributed by atoms with Crippen LogP contribution in [-0.2, 0) is 4.74 Å². The fourth-order valence-electron chi connectivity index (χ4n) is 2.19. The van der Waals surface area contributed by atoms with Crippen LogP contribution in [0.1, 0.15) is 25.7 Å². The Balaban J connectivity index is 1.84. The Labute approximate surface area is 111 Å². The number of anilines is 2. The van der Waals surface area contributed by atoms with Crippen LogP contribution in [0.15, 0.2) is 12.1 Å². The van der Waals surface area contributed by atoms with Crippen LogP contribution in [0.5, 0.6) is 0 Å². The van der Waals surface area contributed by atoms with Crippen LogP contribution in [0.4, 0.5) is 17.3 Å². The molecule has 1 aliphatic carbocycles. The third-order valence-electron chi connectivity index (χ3n) is 3.14. The zero-order chi connectivity index (χ0) is 13.7. The van der Waals surface area contributed by atoms with Gasteiger partial charge in [-0.3, -0.25) is 10.1 Å². The molecule has 1 heterocycles. The molecular weight excluding hydrogens is 248 g/mol. The van der Waals surface area contributed by atoms with Gasteiger partial charge in [0.25, 0.3) is 0 Å². The second-order valence-electron chi connectivity index (χ2n) is 4.56. The van der Waals surface area contributed by atoms with E-state index in [9.17, 15) is 10.1 Å². The fraction of sp³-hybridized carbons (Fsp3) is 0.583. The lowest BCUT2D eigenvalue weighted by Crippen LogP contribution is -2.16. The number of hydrogen-bond donors (Lipinski definition) is 2. The molecule has 0 saturated heterocycles. The minimum absolute atomic E-state index is 0.0740. The molecule has 1 aromatic heterocycles. The summed E-state index contributed by atoms with van der Waals surface area (Å²) >= 11 is 0. The van der Waals surface area contributed by atoms with Crippen molar-refractivity contribution < 1.29 is 9.66 Å². The summed E-state index contributed by atoms with van der Waals surface area (Å²) in [7, 11) is 0. The molecule has 1 fully saturated rings. The van der Waals surface area contributed by atoms with Gasteiger partial charge in [-0.05, 0) is 18.9 Å². The van der Waals surface area contributed by atoms with E-state index < -0.39 is 4.92 Å². The van der Waals surface area contributed by atoms with Crippen LogP contribution in [-0.4, -0.2) is 29.2 Å². The van der Waals surface area contributed by atoms with Crippen LogP contribution in [0.3, 0.4) is 0 Å². The van der Waals surface area contributed by atoms with Crippen LogP contribution >= 0.6 is 0 Å². The summed E-state index contributed by atoms with van der Waals surface area (Å²) in [4.78, 5) is 14.3. The fourth-order valence-corrected chi connectivity index (χ4v) is 2.19. The highest BCUT2D eigenvalue weighted by Gasteiger charge is 2.16. The van der Waals surface area contributed by atoms with Crippen molar-refractivity contribution >= 4 is 17.3 Å². The molecule has 0 aromatic carbocycles. The molecule has 0 radical (unpaired) electrons. The SMILES string of the molecule is Nc1ccc([N+](=O)[O-])c(NCCOC2CCCC2)n1. The molecule has 1 saturated carbocycles. The van der Waals surface area contributed by atoms with Gasteiger partial charge < -0.3 is 15.8 Å². The van der Waals surface area contributed by atoms with Crippen LogP contribution < -0.4 is 11.1 Å². The summed E-state index contributed by atoms with van der Waals surface area (Å²) in [6.45, 7) is 0.992. The van der Waals surface area contributed by atoms with E-state index in [-0.39, 0.29) is 17.3 Å². The topological polar surface area (TPSA) is 103 Å². The van der Waals surface area contributed by atoms with Crippen molar-refractivity contribution in [1.82, 2.24) is 4.98 Å². The maximum atomic E-state index is 10.8. The zero-order valence-electron chi connectivity index (χ0n) is 10.7. The van der Waals surface area contributed by atoms with Crippen molar-refractivity contribution in [3.63, 3.8) is 0 Å². The molecule has 3 N–H and O–H groups in total. The average Bonchev–Trinajstić information content (AvgIpc) is 2.87. The molecule has 7 heteroatoms. The quantitative estimate of drug-likeness (QED) is 0.463.